The predicted molar refractivity (Wildman–Crippen MR) is 119 cm³/mol. The number of hydrogen-bond acceptors (Lipinski definition) is 8. The van der Waals surface area contributed by atoms with E-state index in [1.54, 1.807) is 42.7 Å². The molecule has 1 aromatic carbocycles. The molecule has 0 saturated heterocycles. The van der Waals surface area contributed by atoms with E-state index in [1.165, 1.54) is 18.3 Å². The van der Waals surface area contributed by atoms with Crippen molar-refractivity contribution >= 4 is 27.6 Å². The molecule has 0 aliphatic heterocycles. The van der Waals surface area contributed by atoms with Crippen LogP contribution in [-0.4, -0.2) is 39.5 Å². The number of nitrogens with zero attached hydrogens (tertiary/aromatic N) is 4. The lowest BCUT2D eigenvalue weighted by Gasteiger charge is -2.13. The van der Waals surface area contributed by atoms with E-state index >= 15 is 0 Å². The number of carbonyl (C=O) groups is 1. The summed E-state index contributed by atoms with van der Waals surface area (Å²) in [7, 11) is -3.97. The molecule has 0 unspecified atom stereocenters. The van der Waals surface area contributed by atoms with Gasteiger partial charge in [-0.05, 0) is 25.1 Å². The first-order valence-electron chi connectivity index (χ1n) is 9.70. The second-order valence-corrected chi connectivity index (χ2v) is 8.58. The van der Waals surface area contributed by atoms with Crippen LogP contribution in [0, 0.1) is 6.92 Å². The summed E-state index contributed by atoms with van der Waals surface area (Å²) < 4.78 is 33.8. The number of nitrogens with one attached hydrogen (secondary N) is 3. The predicted octanol–water partition coefficient (Wildman–Crippen LogP) is 2.54. The molecule has 0 aliphatic rings. The maximum absolute atomic E-state index is 12.8. The number of aromatic amines is 1. The van der Waals surface area contributed by atoms with Gasteiger partial charge < -0.3 is 10.1 Å². The minimum Gasteiger partial charge on any atom is -0.470 e. The van der Waals surface area contributed by atoms with Crippen molar-refractivity contribution in [3.05, 3.63) is 84.1 Å². The van der Waals surface area contributed by atoms with Crippen LogP contribution < -0.4 is 14.8 Å². The Balaban J connectivity index is 1.62. The minimum absolute atomic E-state index is 0.0351. The van der Waals surface area contributed by atoms with E-state index in [0.717, 1.165) is 17.3 Å². The van der Waals surface area contributed by atoms with Gasteiger partial charge in [0.1, 0.15) is 12.4 Å². The molecular weight excluding hydrogens is 446 g/mol. The third kappa shape index (κ3) is 5.49. The summed E-state index contributed by atoms with van der Waals surface area (Å²) in [5.74, 6) is -0.529. The molecule has 3 aromatic heterocycles. The average molecular weight is 465 g/mol. The number of aromatic nitrogens is 5. The SMILES string of the molecule is Cc1ccc(S(=O)(=O)Nc2ncc(C(=O)Nc3ccn[nH]3)nc2OCc2cccnc2)cc1. The van der Waals surface area contributed by atoms with E-state index in [1.807, 2.05) is 6.92 Å². The monoisotopic (exact) mass is 465 g/mol. The van der Waals surface area contributed by atoms with Crippen molar-refractivity contribution in [3.63, 3.8) is 0 Å². The van der Waals surface area contributed by atoms with Gasteiger partial charge in [-0.15, -0.1) is 0 Å². The fraction of sp³-hybridized carbons (Fsp3) is 0.0952. The number of amides is 1. The number of ether oxygens (including phenoxy) is 1. The molecule has 0 bridgehead atoms. The van der Waals surface area contributed by atoms with E-state index in [-0.39, 0.29) is 28.9 Å². The number of hydrogen-bond donors (Lipinski definition) is 3. The summed E-state index contributed by atoms with van der Waals surface area (Å²) in [4.78, 5) is 24.9. The number of H-pyrrole nitrogens is 1. The largest absolute Gasteiger partial charge is 0.470 e. The zero-order valence-corrected chi connectivity index (χ0v) is 18.2. The summed E-state index contributed by atoms with van der Waals surface area (Å²) in [5, 5.41) is 8.93. The summed E-state index contributed by atoms with van der Waals surface area (Å²) in [6, 6.07) is 11.4. The second kappa shape index (κ2) is 9.44. The molecule has 3 heterocycles. The van der Waals surface area contributed by atoms with Crippen LogP contribution in [0.25, 0.3) is 0 Å². The standard InChI is InChI=1S/C21H19N7O4S/c1-14-4-6-16(7-5-14)33(30,31)28-19-21(32-13-15-3-2-9-22-11-15)25-17(12-23-19)20(29)26-18-8-10-24-27-18/h2-12H,13H2,1H3,(H,23,28)(H2,24,26,27,29). The van der Waals surface area contributed by atoms with Gasteiger partial charge >= 0.3 is 0 Å². The summed E-state index contributed by atoms with van der Waals surface area (Å²) in [6.07, 6.45) is 5.84. The third-order valence-electron chi connectivity index (χ3n) is 4.38. The number of aryl methyl sites for hydroxylation is 1. The molecule has 168 valence electrons. The number of anilines is 2. The zero-order valence-electron chi connectivity index (χ0n) is 17.4. The molecule has 0 aliphatic carbocycles. The molecule has 0 spiro atoms. The van der Waals surface area contributed by atoms with Gasteiger partial charge in [-0.2, -0.15) is 5.10 Å². The third-order valence-corrected chi connectivity index (χ3v) is 5.74. The second-order valence-electron chi connectivity index (χ2n) is 6.90. The van der Waals surface area contributed by atoms with Crippen LogP contribution in [0.3, 0.4) is 0 Å². The van der Waals surface area contributed by atoms with Crippen LogP contribution in [0.5, 0.6) is 5.88 Å². The van der Waals surface area contributed by atoms with Crippen molar-refractivity contribution in [3.8, 4) is 5.88 Å². The molecule has 1 amide bonds. The van der Waals surface area contributed by atoms with Gasteiger partial charge in [0.15, 0.2) is 5.69 Å². The molecule has 0 saturated carbocycles. The molecular formula is C21H19N7O4S. The number of carbonyl (C=O) groups excluding carboxylic acids is 1. The topological polar surface area (TPSA) is 152 Å². The Morgan fingerprint density at radius 2 is 1.91 bits per heavy atom. The van der Waals surface area contributed by atoms with Gasteiger partial charge in [0.05, 0.1) is 17.3 Å². The zero-order chi connectivity index (χ0) is 23.3. The smallest absolute Gasteiger partial charge is 0.277 e. The normalized spacial score (nSPS) is 11.1. The lowest BCUT2D eigenvalue weighted by molar-refractivity contribution is 0.102. The number of benzene rings is 1. The number of sulfonamides is 1. The molecule has 0 atom stereocenters. The average Bonchev–Trinajstić information content (AvgIpc) is 3.32. The Bertz CT molecular complexity index is 1340. The van der Waals surface area contributed by atoms with Gasteiger partial charge in [0.25, 0.3) is 21.8 Å². The molecule has 3 N–H and O–H groups in total. The van der Waals surface area contributed by atoms with Crippen molar-refractivity contribution in [1.29, 1.82) is 0 Å². The first kappa shape index (κ1) is 21.9. The summed E-state index contributed by atoms with van der Waals surface area (Å²) in [5.41, 5.74) is 1.56. The highest BCUT2D eigenvalue weighted by Crippen LogP contribution is 2.24. The lowest BCUT2D eigenvalue weighted by atomic mass is 10.2. The number of rotatable bonds is 8. The summed E-state index contributed by atoms with van der Waals surface area (Å²) >= 11 is 0. The molecule has 11 nitrogen and oxygen atoms in total. The fourth-order valence-corrected chi connectivity index (χ4v) is 3.71. The van der Waals surface area contributed by atoms with Crippen LogP contribution in [0.1, 0.15) is 21.6 Å². The minimum atomic E-state index is -3.97. The van der Waals surface area contributed by atoms with E-state index in [0.29, 0.717) is 5.82 Å². The highest BCUT2D eigenvalue weighted by molar-refractivity contribution is 7.92. The Morgan fingerprint density at radius 1 is 1.09 bits per heavy atom. The molecule has 4 rings (SSSR count). The van der Waals surface area contributed by atoms with Crippen LogP contribution in [0.15, 0.2) is 72.1 Å². The first-order chi connectivity index (χ1) is 15.9. The van der Waals surface area contributed by atoms with Gasteiger partial charge in [-0.1, -0.05) is 23.8 Å². The lowest BCUT2D eigenvalue weighted by Crippen LogP contribution is -2.18. The Labute approximate surface area is 189 Å². The molecule has 0 fully saturated rings. The van der Waals surface area contributed by atoms with Gasteiger partial charge in [0, 0.05) is 24.0 Å². The highest BCUT2D eigenvalue weighted by Gasteiger charge is 2.21. The van der Waals surface area contributed by atoms with Crippen LogP contribution in [0.2, 0.25) is 0 Å². The van der Waals surface area contributed by atoms with Gasteiger partial charge in [-0.25, -0.2) is 18.4 Å². The molecule has 0 radical (unpaired) electrons. The molecule has 33 heavy (non-hydrogen) atoms. The van der Waals surface area contributed by atoms with Crippen molar-refractivity contribution in [2.45, 2.75) is 18.4 Å². The van der Waals surface area contributed by atoms with E-state index in [4.69, 9.17) is 4.74 Å². The van der Waals surface area contributed by atoms with Crippen LogP contribution in [0.4, 0.5) is 11.6 Å². The van der Waals surface area contributed by atoms with Crippen molar-refractivity contribution < 1.29 is 17.9 Å². The first-order valence-corrected chi connectivity index (χ1v) is 11.2. The number of pyridine rings is 1. The van der Waals surface area contributed by atoms with E-state index in [9.17, 15) is 13.2 Å². The fourth-order valence-electron chi connectivity index (χ4n) is 2.70. The maximum atomic E-state index is 12.8. The van der Waals surface area contributed by atoms with Crippen molar-refractivity contribution in [1.82, 2.24) is 25.1 Å². The van der Waals surface area contributed by atoms with E-state index < -0.39 is 15.9 Å². The van der Waals surface area contributed by atoms with E-state index in [2.05, 4.69) is 35.2 Å². The quantitative estimate of drug-likeness (QED) is 0.359. The molecule has 4 aromatic rings. The Kier molecular flexibility index (Phi) is 6.26. The van der Waals surface area contributed by atoms with Gasteiger partial charge in [-0.3, -0.25) is 19.6 Å². The summed E-state index contributed by atoms with van der Waals surface area (Å²) in [6.45, 7) is 1.89. The van der Waals surface area contributed by atoms with Gasteiger partial charge in [0.2, 0.25) is 5.82 Å². The van der Waals surface area contributed by atoms with Crippen LogP contribution in [-0.2, 0) is 16.6 Å². The van der Waals surface area contributed by atoms with Crippen molar-refractivity contribution in [2.75, 3.05) is 10.0 Å². The maximum Gasteiger partial charge on any atom is 0.277 e. The Morgan fingerprint density at radius 3 is 2.61 bits per heavy atom. The van der Waals surface area contributed by atoms with Crippen molar-refractivity contribution in [2.24, 2.45) is 0 Å². The highest BCUT2D eigenvalue weighted by atomic mass is 32.2. The Hall–Kier alpha value is -4.32. The molecule has 12 heteroatoms. The van der Waals surface area contributed by atoms with Crippen LogP contribution >= 0.6 is 0 Å².